The number of aliphatic hydroxyl groups is 1. The van der Waals surface area contributed by atoms with Gasteiger partial charge in [0.2, 0.25) is 0 Å². The Kier molecular flexibility index (Phi) is 3.92. The number of hydrogen-bond donors (Lipinski definition) is 2. The van der Waals surface area contributed by atoms with E-state index in [-0.39, 0.29) is 19.0 Å². The van der Waals surface area contributed by atoms with Crippen molar-refractivity contribution in [3.8, 4) is 0 Å². The van der Waals surface area contributed by atoms with Gasteiger partial charge in [0.15, 0.2) is 0 Å². The van der Waals surface area contributed by atoms with E-state index in [1.807, 2.05) is 6.92 Å². The molecule has 0 aliphatic rings. The number of nitrogens with zero attached hydrogens (tertiary/aromatic N) is 2. The molecule has 0 aromatic carbocycles. The molecule has 3 N–H and O–H groups in total. The van der Waals surface area contributed by atoms with E-state index in [2.05, 4.69) is 5.10 Å². The van der Waals surface area contributed by atoms with Crippen LogP contribution in [0.1, 0.15) is 5.69 Å². The number of anilines is 1. The molecule has 0 amide bonds. The van der Waals surface area contributed by atoms with Gasteiger partial charge < -0.3 is 10.8 Å². The lowest BCUT2D eigenvalue weighted by molar-refractivity contribution is 0.270. The molecular formula is C6H12ClN3O. The van der Waals surface area contributed by atoms with Crippen LogP contribution in [0.3, 0.4) is 0 Å². The first-order valence-corrected chi connectivity index (χ1v) is 3.15. The van der Waals surface area contributed by atoms with Crippen LogP contribution in [0, 0.1) is 6.92 Å². The lowest BCUT2D eigenvalue weighted by Gasteiger charge is -1.98. The number of hydrogen-bond acceptors (Lipinski definition) is 3. The van der Waals surface area contributed by atoms with Crippen molar-refractivity contribution in [1.82, 2.24) is 9.78 Å². The summed E-state index contributed by atoms with van der Waals surface area (Å²) in [4.78, 5) is 0. The van der Waals surface area contributed by atoms with Gasteiger partial charge in [0.25, 0.3) is 0 Å². The summed E-state index contributed by atoms with van der Waals surface area (Å²) >= 11 is 0. The minimum Gasteiger partial charge on any atom is -0.394 e. The van der Waals surface area contributed by atoms with Gasteiger partial charge in [0.1, 0.15) is 5.82 Å². The van der Waals surface area contributed by atoms with Gasteiger partial charge in [0, 0.05) is 6.07 Å². The first-order chi connectivity index (χ1) is 4.74. The highest BCUT2D eigenvalue weighted by Gasteiger charge is 1.98. The zero-order valence-electron chi connectivity index (χ0n) is 6.32. The van der Waals surface area contributed by atoms with Crippen LogP contribution in [-0.2, 0) is 6.54 Å². The molecule has 0 bridgehead atoms. The van der Waals surface area contributed by atoms with E-state index < -0.39 is 0 Å². The summed E-state index contributed by atoms with van der Waals surface area (Å²) < 4.78 is 1.58. The molecule has 0 saturated heterocycles. The Morgan fingerprint density at radius 3 is 2.73 bits per heavy atom. The first-order valence-electron chi connectivity index (χ1n) is 3.15. The maximum atomic E-state index is 8.54. The second-order valence-electron chi connectivity index (χ2n) is 2.16. The molecule has 11 heavy (non-hydrogen) atoms. The highest BCUT2D eigenvalue weighted by atomic mass is 35.5. The van der Waals surface area contributed by atoms with Gasteiger partial charge >= 0.3 is 0 Å². The summed E-state index contributed by atoms with van der Waals surface area (Å²) in [5, 5.41) is 12.6. The van der Waals surface area contributed by atoms with Crippen LogP contribution in [-0.4, -0.2) is 21.5 Å². The molecule has 1 heterocycles. The van der Waals surface area contributed by atoms with Crippen molar-refractivity contribution in [1.29, 1.82) is 0 Å². The van der Waals surface area contributed by atoms with Gasteiger partial charge in [-0.15, -0.1) is 12.4 Å². The summed E-state index contributed by atoms with van der Waals surface area (Å²) in [7, 11) is 0. The Morgan fingerprint density at radius 1 is 1.73 bits per heavy atom. The largest absolute Gasteiger partial charge is 0.394 e. The molecule has 0 radical (unpaired) electrons. The standard InChI is InChI=1S/C6H11N3O.ClH/c1-5-4-6(7)9(8-5)2-3-10;/h4,10H,2-3,7H2,1H3;1H. The quantitative estimate of drug-likeness (QED) is 0.678. The molecule has 0 spiro atoms. The SMILES string of the molecule is Cc1cc(N)n(CCO)n1.Cl. The normalized spacial score (nSPS) is 9.27. The van der Waals surface area contributed by atoms with Crippen LogP contribution in [0.2, 0.25) is 0 Å². The van der Waals surface area contributed by atoms with Gasteiger partial charge in [-0.1, -0.05) is 0 Å². The first kappa shape index (κ1) is 10.3. The monoisotopic (exact) mass is 177 g/mol. The Labute approximate surface area is 71.4 Å². The van der Waals surface area contributed by atoms with Gasteiger partial charge in [-0.25, -0.2) is 4.68 Å². The van der Waals surface area contributed by atoms with Crippen molar-refractivity contribution in [2.45, 2.75) is 13.5 Å². The summed E-state index contributed by atoms with van der Waals surface area (Å²) in [6.07, 6.45) is 0. The number of aryl methyl sites for hydroxylation is 1. The highest BCUT2D eigenvalue weighted by Crippen LogP contribution is 2.03. The van der Waals surface area contributed by atoms with E-state index in [9.17, 15) is 0 Å². The number of halogens is 1. The number of nitrogen functional groups attached to an aromatic ring is 1. The van der Waals surface area contributed by atoms with Crippen molar-refractivity contribution in [2.75, 3.05) is 12.3 Å². The lowest BCUT2D eigenvalue weighted by Crippen LogP contribution is -2.07. The molecule has 1 aromatic rings. The third-order valence-corrected chi connectivity index (χ3v) is 1.25. The molecule has 0 atom stereocenters. The molecule has 1 rings (SSSR count). The Morgan fingerprint density at radius 2 is 2.36 bits per heavy atom. The van der Waals surface area contributed by atoms with Gasteiger partial charge in [0.05, 0.1) is 18.8 Å². The Bertz CT molecular complexity index is 224. The number of aliphatic hydroxyl groups excluding tert-OH is 1. The lowest BCUT2D eigenvalue weighted by atomic mass is 10.5. The topological polar surface area (TPSA) is 64.1 Å². The second kappa shape index (κ2) is 4.20. The van der Waals surface area contributed by atoms with Gasteiger partial charge in [-0.3, -0.25) is 0 Å². The third kappa shape index (κ3) is 2.40. The van der Waals surface area contributed by atoms with E-state index in [0.29, 0.717) is 12.4 Å². The number of nitrogens with two attached hydrogens (primary N) is 1. The minimum atomic E-state index is 0. The van der Waals surface area contributed by atoms with Crippen LogP contribution in [0.15, 0.2) is 6.07 Å². The zero-order valence-corrected chi connectivity index (χ0v) is 7.14. The fraction of sp³-hybridized carbons (Fsp3) is 0.500. The zero-order chi connectivity index (χ0) is 7.56. The van der Waals surface area contributed by atoms with Crippen molar-refractivity contribution in [2.24, 2.45) is 0 Å². The molecule has 64 valence electrons. The fourth-order valence-corrected chi connectivity index (χ4v) is 0.839. The molecule has 0 aliphatic carbocycles. The van der Waals surface area contributed by atoms with Crippen LogP contribution >= 0.6 is 12.4 Å². The van der Waals surface area contributed by atoms with Crippen LogP contribution in [0.25, 0.3) is 0 Å². The van der Waals surface area contributed by atoms with Crippen LogP contribution in [0.4, 0.5) is 5.82 Å². The second-order valence-corrected chi connectivity index (χ2v) is 2.16. The van der Waals surface area contributed by atoms with E-state index >= 15 is 0 Å². The summed E-state index contributed by atoms with van der Waals surface area (Å²) in [6, 6.07) is 1.77. The Balaban J connectivity index is 0.000001000. The number of rotatable bonds is 2. The smallest absolute Gasteiger partial charge is 0.122 e. The van der Waals surface area contributed by atoms with E-state index in [0.717, 1.165) is 5.69 Å². The molecule has 0 aliphatic heterocycles. The molecular weight excluding hydrogens is 166 g/mol. The molecule has 0 fully saturated rings. The number of aromatic nitrogens is 2. The predicted molar refractivity (Wildman–Crippen MR) is 45.7 cm³/mol. The van der Waals surface area contributed by atoms with Crippen LogP contribution in [0.5, 0.6) is 0 Å². The predicted octanol–water partition coefficient (Wildman–Crippen LogP) is 0.188. The van der Waals surface area contributed by atoms with E-state index in [1.54, 1.807) is 10.7 Å². The fourth-order valence-electron chi connectivity index (χ4n) is 0.839. The van der Waals surface area contributed by atoms with Crippen molar-refractivity contribution in [3.63, 3.8) is 0 Å². The maximum absolute atomic E-state index is 8.54. The molecule has 5 heteroatoms. The average molecular weight is 178 g/mol. The van der Waals surface area contributed by atoms with Gasteiger partial charge in [-0.2, -0.15) is 5.10 Å². The summed E-state index contributed by atoms with van der Waals surface area (Å²) in [5.41, 5.74) is 6.40. The molecule has 0 saturated carbocycles. The maximum Gasteiger partial charge on any atom is 0.122 e. The van der Waals surface area contributed by atoms with Crippen LogP contribution < -0.4 is 5.73 Å². The van der Waals surface area contributed by atoms with Crippen molar-refractivity contribution < 1.29 is 5.11 Å². The molecule has 4 nitrogen and oxygen atoms in total. The Hall–Kier alpha value is -0.740. The third-order valence-electron chi connectivity index (χ3n) is 1.25. The van der Waals surface area contributed by atoms with E-state index in [4.69, 9.17) is 10.8 Å². The molecule has 1 aromatic heterocycles. The highest BCUT2D eigenvalue weighted by molar-refractivity contribution is 5.85. The van der Waals surface area contributed by atoms with Gasteiger partial charge in [-0.05, 0) is 6.92 Å². The summed E-state index contributed by atoms with van der Waals surface area (Å²) in [6.45, 7) is 2.41. The van der Waals surface area contributed by atoms with Crippen molar-refractivity contribution >= 4 is 18.2 Å². The summed E-state index contributed by atoms with van der Waals surface area (Å²) in [5.74, 6) is 0.603. The van der Waals surface area contributed by atoms with Crippen molar-refractivity contribution in [3.05, 3.63) is 11.8 Å². The van der Waals surface area contributed by atoms with E-state index in [1.165, 1.54) is 0 Å². The minimum absolute atomic E-state index is 0. The average Bonchev–Trinajstić information content (AvgIpc) is 2.13. The molecule has 0 unspecified atom stereocenters.